The standard InChI is InChI=1S/C15H16F2N2/c1-18-12(9-11-5-7-19-8-6-11)10-13-14(16)3-2-4-15(13)17/h2-8,12,18H,9-10H2,1H3. The molecule has 2 nitrogen and oxygen atoms in total. The highest BCUT2D eigenvalue weighted by atomic mass is 19.1. The lowest BCUT2D eigenvalue weighted by Gasteiger charge is -2.17. The number of halogens is 2. The highest BCUT2D eigenvalue weighted by molar-refractivity contribution is 5.22. The molecular weight excluding hydrogens is 246 g/mol. The second-order valence-electron chi connectivity index (χ2n) is 4.45. The predicted octanol–water partition coefficient (Wildman–Crippen LogP) is 2.73. The Balaban J connectivity index is 2.11. The summed E-state index contributed by atoms with van der Waals surface area (Å²) < 4.78 is 27.2. The summed E-state index contributed by atoms with van der Waals surface area (Å²) in [6.07, 6.45) is 4.45. The second-order valence-corrected chi connectivity index (χ2v) is 4.45. The fourth-order valence-electron chi connectivity index (χ4n) is 2.05. The lowest BCUT2D eigenvalue weighted by Crippen LogP contribution is -2.30. The van der Waals surface area contributed by atoms with Gasteiger partial charge in [0, 0.05) is 24.0 Å². The monoisotopic (exact) mass is 262 g/mol. The summed E-state index contributed by atoms with van der Waals surface area (Å²) in [5.41, 5.74) is 1.22. The van der Waals surface area contributed by atoms with Crippen molar-refractivity contribution in [2.45, 2.75) is 18.9 Å². The number of likely N-dealkylation sites (N-methyl/N-ethyl adjacent to an activating group) is 1. The Morgan fingerprint density at radius 2 is 1.68 bits per heavy atom. The fraction of sp³-hybridized carbons (Fsp3) is 0.267. The summed E-state index contributed by atoms with van der Waals surface area (Å²) in [6, 6.07) is 7.75. The van der Waals surface area contributed by atoms with Gasteiger partial charge in [-0.3, -0.25) is 4.98 Å². The average Bonchev–Trinajstić information content (AvgIpc) is 2.43. The van der Waals surface area contributed by atoms with E-state index in [2.05, 4.69) is 10.3 Å². The number of hydrogen-bond donors (Lipinski definition) is 1. The molecule has 1 N–H and O–H groups in total. The Morgan fingerprint density at radius 1 is 1.05 bits per heavy atom. The largest absolute Gasteiger partial charge is 0.316 e. The highest BCUT2D eigenvalue weighted by Gasteiger charge is 2.14. The van der Waals surface area contributed by atoms with Gasteiger partial charge in [-0.15, -0.1) is 0 Å². The zero-order chi connectivity index (χ0) is 13.7. The molecule has 2 aromatic rings. The van der Waals surface area contributed by atoms with Crippen molar-refractivity contribution < 1.29 is 8.78 Å². The zero-order valence-electron chi connectivity index (χ0n) is 10.7. The molecule has 0 fully saturated rings. The van der Waals surface area contributed by atoms with Gasteiger partial charge >= 0.3 is 0 Å². The van der Waals surface area contributed by atoms with Gasteiger partial charge in [0.25, 0.3) is 0 Å². The van der Waals surface area contributed by atoms with Crippen LogP contribution in [0, 0.1) is 11.6 Å². The van der Waals surface area contributed by atoms with Gasteiger partial charge in [0.05, 0.1) is 0 Å². The predicted molar refractivity (Wildman–Crippen MR) is 70.9 cm³/mol. The van der Waals surface area contributed by atoms with E-state index in [-0.39, 0.29) is 11.6 Å². The van der Waals surface area contributed by atoms with E-state index < -0.39 is 11.6 Å². The number of aromatic nitrogens is 1. The van der Waals surface area contributed by atoms with E-state index >= 15 is 0 Å². The third-order valence-corrected chi connectivity index (χ3v) is 3.15. The van der Waals surface area contributed by atoms with E-state index in [1.807, 2.05) is 12.1 Å². The molecule has 0 radical (unpaired) electrons. The van der Waals surface area contributed by atoms with Crippen LogP contribution in [0.15, 0.2) is 42.7 Å². The van der Waals surface area contributed by atoms with Gasteiger partial charge in [0.15, 0.2) is 0 Å². The molecule has 2 rings (SSSR count). The van der Waals surface area contributed by atoms with Crippen molar-refractivity contribution >= 4 is 0 Å². The Bertz CT molecular complexity index is 509. The van der Waals surface area contributed by atoms with Crippen molar-refractivity contribution in [3.63, 3.8) is 0 Å². The maximum absolute atomic E-state index is 13.6. The first-order chi connectivity index (χ1) is 9.20. The molecular formula is C15H16F2N2. The second kappa shape index (κ2) is 6.38. The molecule has 0 spiro atoms. The molecule has 0 amide bonds. The number of nitrogens with zero attached hydrogens (tertiary/aromatic N) is 1. The topological polar surface area (TPSA) is 24.9 Å². The normalized spacial score (nSPS) is 12.4. The van der Waals surface area contributed by atoms with E-state index in [1.54, 1.807) is 19.4 Å². The molecule has 1 aromatic heterocycles. The quantitative estimate of drug-likeness (QED) is 0.896. The molecule has 1 unspecified atom stereocenters. The zero-order valence-corrected chi connectivity index (χ0v) is 10.7. The number of rotatable bonds is 5. The maximum Gasteiger partial charge on any atom is 0.129 e. The fourth-order valence-corrected chi connectivity index (χ4v) is 2.05. The van der Waals surface area contributed by atoms with E-state index in [0.717, 1.165) is 5.56 Å². The molecule has 1 heterocycles. The van der Waals surface area contributed by atoms with Gasteiger partial charge in [-0.05, 0) is 49.7 Å². The molecule has 1 aromatic carbocycles. The van der Waals surface area contributed by atoms with Gasteiger partial charge in [-0.2, -0.15) is 0 Å². The first kappa shape index (κ1) is 13.6. The van der Waals surface area contributed by atoms with E-state index in [1.165, 1.54) is 18.2 Å². The van der Waals surface area contributed by atoms with Crippen LogP contribution < -0.4 is 5.32 Å². The Morgan fingerprint density at radius 3 is 2.26 bits per heavy atom. The molecule has 0 aliphatic rings. The minimum atomic E-state index is -0.491. The third-order valence-electron chi connectivity index (χ3n) is 3.15. The molecule has 1 atom stereocenters. The first-order valence-electron chi connectivity index (χ1n) is 6.19. The van der Waals surface area contributed by atoms with E-state index in [9.17, 15) is 8.78 Å². The van der Waals surface area contributed by atoms with Crippen molar-refractivity contribution in [2.75, 3.05) is 7.05 Å². The highest BCUT2D eigenvalue weighted by Crippen LogP contribution is 2.15. The summed E-state index contributed by atoms with van der Waals surface area (Å²) in [4.78, 5) is 3.95. The minimum Gasteiger partial charge on any atom is -0.316 e. The molecule has 0 bridgehead atoms. The van der Waals surface area contributed by atoms with Crippen LogP contribution in [-0.2, 0) is 12.8 Å². The van der Waals surface area contributed by atoms with Crippen LogP contribution in [0.3, 0.4) is 0 Å². The van der Waals surface area contributed by atoms with Crippen LogP contribution in [0.1, 0.15) is 11.1 Å². The van der Waals surface area contributed by atoms with Crippen molar-refractivity contribution in [1.29, 1.82) is 0 Å². The Hall–Kier alpha value is -1.81. The number of benzene rings is 1. The molecule has 0 aliphatic carbocycles. The number of hydrogen-bond acceptors (Lipinski definition) is 2. The molecule has 0 aliphatic heterocycles. The van der Waals surface area contributed by atoms with E-state index in [0.29, 0.717) is 12.8 Å². The molecule has 0 saturated heterocycles. The van der Waals surface area contributed by atoms with Gasteiger partial charge in [0.2, 0.25) is 0 Å². The summed E-state index contributed by atoms with van der Waals surface area (Å²) >= 11 is 0. The Kier molecular flexibility index (Phi) is 4.58. The van der Waals surface area contributed by atoms with Crippen LogP contribution in [0.2, 0.25) is 0 Å². The van der Waals surface area contributed by atoms with Crippen molar-refractivity contribution in [2.24, 2.45) is 0 Å². The van der Waals surface area contributed by atoms with Crippen LogP contribution >= 0.6 is 0 Å². The number of nitrogens with one attached hydrogen (secondary N) is 1. The van der Waals surface area contributed by atoms with Crippen LogP contribution in [-0.4, -0.2) is 18.1 Å². The van der Waals surface area contributed by atoms with Crippen LogP contribution in [0.25, 0.3) is 0 Å². The van der Waals surface area contributed by atoms with Crippen molar-refractivity contribution in [1.82, 2.24) is 10.3 Å². The molecule has 0 saturated carbocycles. The average molecular weight is 262 g/mol. The summed E-state index contributed by atoms with van der Waals surface area (Å²) in [5.74, 6) is -0.982. The summed E-state index contributed by atoms with van der Waals surface area (Å²) in [6.45, 7) is 0. The molecule has 19 heavy (non-hydrogen) atoms. The maximum atomic E-state index is 13.6. The lowest BCUT2D eigenvalue weighted by atomic mass is 9.99. The van der Waals surface area contributed by atoms with Crippen LogP contribution in [0.5, 0.6) is 0 Å². The smallest absolute Gasteiger partial charge is 0.129 e. The molecule has 100 valence electrons. The summed E-state index contributed by atoms with van der Waals surface area (Å²) in [7, 11) is 1.80. The SMILES string of the molecule is CNC(Cc1ccncc1)Cc1c(F)cccc1F. The number of pyridine rings is 1. The Labute approximate surface area is 111 Å². The van der Waals surface area contributed by atoms with E-state index in [4.69, 9.17) is 0 Å². The van der Waals surface area contributed by atoms with Gasteiger partial charge < -0.3 is 5.32 Å². The summed E-state index contributed by atoms with van der Waals surface area (Å²) in [5, 5.41) is 3.10. The van der Waals surface area contributed by atoms with Crippen molar-refractivity contribution in [3.8, 4) is 0 Å². The molecule has 4 heteroatoms. The first-order valence-corrected chi connectivity index (χ1v) is 6.19. The lowest BCUT2D eigenvalue weighted by molar-refractivity contribution is 0.502. The van der Waals surface area contributed by atoms with Crippen molar-refractivity contribution in [3.05, 3.63) is 65.5 Å². The van der Waals surface area contributed by atoms with Gasteiger partial charge in [0.1, 0.15) is 11.6 Å². The van der Waals surface area contributed by atoms with Crippen LogP contribution in [0.4, 0.5) is 8.78 Å². The van der Waals surface area contributed by atoms with Gasteiger partial charge in [-0.25, -0.2) is 8.78 Å². The minimum absolute atomic E-state index is 0.0196. The van der Waals surface area contributed by atoms with Gasteiger partial charge in [-0.1, -0.05) is 6.07 Å². The third kappa shape index (κ3) is 3.58.